The highest BCUT2D eigenvalue weighted by Crippen LogP contribution is 2.32. The molecular formula is C22H22F6N4O8. The first-order valence-corrected chi connectivity index (χ1v) is 11.1. The van der Waals surface area contributed by atoms with Crippen molar-refractivity contribution < 1.29 is 65.9 Å². The molecule has 1 aromatic carbocycles. The summed E-state index contributed by atoms with van der Waals surface area (Å²) in [6.07, 6.45) is -8.08. The Balaban J connectivity index is 0.000000536. The van der Waals surface area contributed by atoms with E-state index < -0.39 is 84.1 Å². The third-order valence-corrected chi connectivity index (χ3v) is 5.48. The maximum Gasteiger partial charge on any atom is 0.449 e. The van der Waals surface area contributed by atoms with E-state index in [1.165, 1.54) is 0 Å². The average Bonchev–Trinajstić information content (AvgIpc) is 3.22. The highest BCUT2D eigenvalue weighted by Gasteiger charge is 2.41. The van der Waals surface area contributed by atoms with E-state index in [-0.39, 0.29) is 37.2 Å². The Bertz CT molecular complexity index is 1300. The van der Waals surface area contributed by atoms with E-state index in [9.17, 15) is 45.5 Å². The lowest BCUT2D eigenvalue weighted by Gasteiger charge is -2.30. The molecule has 0 bridgehead atoms. The number of aliphatic hydroxyl groups is 1. The maximum atomic E-state index is 13.8. The second kappa shape index (κ2) is 12.8. The smallest absolute Gasteiger partial charge is 0.449 e. The normalized spacial score (nSPS) is 14.4. The van der Waals surface area contributed by atoms with Crippen molar-refractivity contribution >= 4 is 23.8 Å². The molecule has 0 saturated carbocycles. The van der Waals surface area contributed by atoms with Crippen molar-refractivity contribution in [2.24, 2.45) is 5.73 Å². The number of nitrogens with zero attached hydrogens (tertiary/aromatic N) is 3. The number of aromatic carboxylic acids is 1. The molecule has 2 atom stereocenters. The van der Waals surface area contributed by atoms with Crippen LogP contribution in [0.15, 0.2) is 12.1 Å². The molecule has 1 amide bonds. The van der Waals surface area contributed by atoms with Gasteiger partial charge in [0.25, 0.3) is 0 Å². The van der Waals surface area contributed by atoms with Crippen LogP contribution in [0.2, 0.25) is 0 Å². The summed E-state index contributed by atoms with van der Waals surface area (Å²) in [6, 6.07) is -0.00786. The van der Waals surface area contributed by atoms with Gasteiger partial charge in [-0.3, -0.25) is 9.59 Å². The molecule has 0 radical (unpaired) electrons. The molecule has 40 heavy (non-hydrogen) atoms. The number of carbonyl (C=O) groups excluding carboxylic acids is 1. The average molecular weight is 584 g/mol. The number of carboxylic acid groups (broad SMARTS) is 3. The van der Waals surface area contributed by atoms with E-state index in [4.69, 9.17) is 26.2 Å². The Labute approximate surface area is 220 Å². The molecule has 2 heterocycles. The minimum atomic E-state index is -4.87. The summed E-state index contributed by atoms with van der Waals surface area (Å²) in [5.41, 5.74) is 4.49. The second-order valence-electron chi connectivity index (χ2n) is 8.48. The number of imidazole rings is 1. The molecule has 2 aromatic rings. The molecule has 0 saturated heterocycles. The van der Waals surface area contributed by atoms with Crippen molar-refractivity contribution in [3.8, 4) is 0 Å². The molecule has 0 aliphatic carbocycles. The summed E-state index contributed by atoms with van der Waals surface area (Å²) in [5, 5.41) is 33.3. The fourth-order valence-electron chi connectivity index (χ4n) is 3.65. The van der Waals surface area contributed by atoms with Crippen LogP contribution in [0.3, 0.4) is 0 Å². The van der Waals surface area contributed by atoms with Crippen molar-refractivity contribution in [3.05, 3.63) is 52.4 Å². The number of benzene rings is 1. The number of fused-ring (bicyclic) bond motifs is 1. The third-order valence-electron chi connectivity index (χ3n) is 5.48. The van der Waals surface area contributed by atoms with E-state index in [0.717, 1.165) is 4.90 Å². The number of hydrogen-bond donors (Lipinski definition) is 5. The largest absolute Gasteiger partial charge is 0.481 e. The van der Waals surface area contributed by atoms with Crippen LogP contribution in [0.4, 0.5) is 26.3 Å². The van der Waals surface area contributed by atoms with E-state index in [1.807, 2.05) is 0 Å². The molecule has 12 nitrogen and oxygen atoms in total. The van der Waals surface area contributed by atoms with Gasteiger partial charge in [0.1, 0.15) is 5.82 Å². The van der Waals surface area contributed by atoms with Gasteiger partial charge in [-0.2, -0.15) is 13.2 Å². The van der Waals surface area contributed by atoms with Gasteiger partial charge in [-0.1, -0.05) is 0 Å². The van der Waals surface area contributed by atoms with Gasteiger partial charge in [0.2, 0.25) is 11.7 Å². The van der Waals surface area contributed by atoms with Gasteiger partial charge in [-0.25, -0.2) is 27.7 Å². The summed E-state index contributed by atoms with van der Waals surface area (Å²) in [6.45, 7) is -0.921. The van der Waals surface area contributed by atoms with Gasteiger partial charge in [-0.05, 0) is 18.1 Å². The van der Waals surface area contributed by atoms with Crippen LogP contribution in [-0.4, -0.2) is 77.4 Å². The number of halogens is 6. The predicted molar refractivity (Wildman–Crippen MR) is 118 cm³/mol. The Kier molecular flexibility index (Phi) is 10.2. The Morgan fingerprint density at radius 2 is 1.57 bits per heavy atom. The minimum Gasteiger partial charge on any atom is -0.481 e. The van der Waals surface area contributed by atoms with E-state index >= 15 is 0 Å². The zero-order valence-electron chi connectivity index (χ0n) is 20.2. The maximum absolute atomic E-state index is 13.8. The van der Waals surface area contributed by atoms with E-state index in [0.29, 0.717) is 16.7 Å². The topological polar surface area (TPSA) is 196 Å². The number of aliphatic carboxylic acids is 2. The van der Waals surface area contributed by atoms with Crippen LogP contribution in [0.1, 0.15) is 40.4 Å². The monoisotopic (exact) mass is 584 g/mol. The van der Waals surface area contributed by atoms with Crippen LogP contribution in [0.5, 0.6) is 0 Å². The number of hydrogen-bond acceptors (Lipinski definition) is 7. The fourth-order valence-corrected chi connectivity index (χ4v) is 3.65. The predicted octanol–water partition coefficient (Wildman–Crippen LogP) is 1.23. The summed E-state index contributed by atoms with van der Waals surface area (Å²) in [5.74, 6) is -10.2. The number of aromatic nitrogens is 2. The first kappa shape index (κ1) is 32.0. The van der Waals surface area contributed by atoms with Crippen molar-refractivity contribution in [2.45, 2.75) is 50.7 Å². The number of carboxylic acids is 3. The van der Waals surface area contributed by atoms with Gasteiger partial charge in [0, 0.05) is 31.6 Å². The standard InChI is InChI=1S/C18H16F6N4O3.C4H6O5/c19-10-6-12(21)11(20)4-8(10)3-9(25)5-14(29)27-1-2-28-13(7-27)15(16(30)31)26-17(28)18(22,23)24;5-2(4(8)9)1-3(6)7/h4,6,9H,1-3,5,7,25H2,(H,30,31);2,5H,1H2,(H,6,7)(H,8,9)/t9-;2-/m10/s1. The van der Waals surface area contributed by atoms with Gasteiger partial charge in [-0.15, -0.1) is 0 Å². The van der Waals surface area contributed by atoms with Crippen LogP contribution in [-0.2, 0) is 40.1 Å². The summed E-state index contributed by atoms with van der Waals surface area (Å²) < 4.78 is 80.1. The first-order valence-electron chi connectivity index (χ1n) is 11.1. The molecule has 1 aliphatic rings. The first-order chi connectivity index (χ1) is 18.4. The fraction of sp³-hybridized carbons (Fsp3) is 0.409. The lowest BCUT2D eigenvalue weighted by molar-refractivity contribution is -0.152. The van der Waals surface area contributed by atoms with Crippen LogP contribution in [0, 0.1) is 17.5 Å². The zero-order chi connectivity index (χ0) is 30.5. The Hall–Kier alpha value is -4.19. The second-order valence-corrected chi connectivity index (χ2v) is 8.48. The van der Waals surface area contributed by atoms with Crippen molar-refractivity contribution in [1.82, 2.24) is 14.5 Å². The number of aliphatic hydroxyl groups excluding tert-OH is 1. The minimum absolute atomic E-state index is 0.156. The number of rotatable bonds is 8. The van der Waals surface area contributed by atoms with E-state index in [2.05, 4.69) is 4.98 Å². The highest BCUT2D eigenvalue weighted by molar-refractivity contribution is 5.87. The number of carbonyl (C=O) groups is 4. The summed E-state index contributed by atoms with van der Waals surface area (Å²) in [4.78, 5) is 47.5. The molecular weight excluding hydrogens is 562 g/mol. The van der Waals surface area contributed by atoms with E-state index in [1.54, 1.807) is 0 Å². The van der Waals surface area contributed by atoms with Crippen LogP contribution in [0.25, 0.3) is 0 Å². The van der Waals surface area contributed by atoms with Crippen molar-refractivity contribution in [3.63, 3.8) is 0 Å². The van der Waals surface area contributed by atoms with Crippen LogP contribution >= 0.6 is 0 Å². The summed E-state index contributed by atoms with van der Waals surface area (Å²) >= 11 is 0. The molecule has 0 fully saturated rings. The van der Waals surface area contributed by atoms with Crippen LogP contribution < -0.4 is 5.73 Å². The molecule has 0 spiro atoms. The molecule has 3 rings (SSSR count). The Morgan fingerprint density at radius 3 is 2.08 bits per heavy atom. The molecule has 220 valence electrons. The quantitative estimate of drug-likeness (QED) is 0.222. The molecule has 1 aliphatic heterocycles. The highest BCUT2D eigenvalue weighted by atomic mass is 19.4. The number of alkyl halides is 3. The SMILES string of the molecule is N[C@@H](CC(=O)N1CCn2c(C(F)(F)F)nc(C(=O)O)c2C1)Cc1cc(F)c(F)cc1F.O=C(O)C[C@H](O)C(=O)O. The molecule has 1 aromatic heterocycles. The van der Waals surface area contributed by atoms with Gasteiger partial charge < -0.3 is 35.6 Å². The van der Waals surface area contributed by atoms with Crippen molar-refractivity contribution in [2.75, 3.05) is 6.54 Å². The summed E-state index contributed by atoms with van der Waals surface area (Å²) in [7, 11) is 0. The molecule has 6 N–H and O–H groups in total. The zero-order valence-corrected chi connectivity index (χ0v) is 20.2. The lowest BCUT2D eigenvalue weighted by atomic mass is 10.0. The van der Waals surface area contributed by atoms with Gasteiger partial charge in [0.05, 0.1) is 18.7 Å². The Morgan fingerprint density at radius 1 is 0.975 bits per heavy atom. The molecule has 0 unspecified atom stereocenters. The van der Waals surface area contributed by atoms with Crippen molar-refractivity contribution in [1.29, 1.82) is 0 Å². The van der Waals surface area contributed by atoms with Gasteiger partial charge >= 0.3 is 24.1 Å². The molecule has 18 heteroatoms. The lowest BCUT2D eigenvalue weighted by Crippen LogP contribution is -2.42. The number of amides is 1. The third kappa shape index (κ3) is 8.15. The van der Waals surface area contributed by atoms with Gasteiger partial charge in [0.15, 0.2) is 23.4 Å². The number of nitrogens with two attached hydrogens (primary N) is 1.